The summed E-state index contributed by atoms with van der Waals surface area (Å²) in [6.45, 7) is 0. The summed E-state index contributed by atoms with van der Waals surface area (Å²) in [5, 5.41) is 2.22. The normalized spacial score (nSPS) is 9.67. The van der Waals surface area contributed by atoms with E-state index in [9.17, 15) is 4.79 Å². The van der Waals surface area contributed by atoms with Gasteiger partial charge in [-0.15, -0.1) is 0 Å². The molecule has 0 N–H and O–H groups in total. The standard InChI is InChI=1S/C13H10O2/c1-15-13(9-14)12-7-6-10-4-2-3-5-11(10)8-12/h2-8H,1H3. The van der Waals surface area contributed by atoms with Gasteiger partial charge < -0.3 is 4.74 Å². The zero-order valence-corrected chi connectivity index (χ0v) is 8.36. The van der Waals surface area contributed by atoms with Crippen LogP contribution in [-0.2, 0) is 9.53 Å². The second-order valence-corrected chi connectivity index (χ2v) is 3.20. The number of carbonyl (C=O) groups excluding carboxylic acids is 1. The van der Waals surface area contributed by atoms with Gasteiger partial charge in [-0.1, -0.05) is 30.3 Å². The SMILES string of the molecule is COC(=C=O)c1ccc2ccccc2c1. The Morgan fingerprint density at radius 2 is 1.87 bits per heavy atom. The summed E-state index contributed by atoms with van der Waals surface area (Å²) < 4.78 is 4.93. The first-order chi connectivity index (χ1) is 7.35. The molecule has 2 heteroatoms. The van der Waals surface area contributed by atoms with E-state index in [1.807, 2.05) is 42.5 Å². The summed E-state index contributed by atoms with van der Waals surface area (Å²) in [7, 11) is 1.47. The van der Waals surface area contributed by atoms with Gasteiger partial charge in [0.15, 0.2) is 5.94 Å². The lowest BCUT2D eigenvalue weighted by Crippen LogP contribution is -1.87. The molecule has 0 fully saturated rings. The Labute approximate surface area is 87.8 Å². The number of hydrogen-bond acceptors (Lipinski definition) is 2. The van der Waals surface area contributed by atoms with Crippen molar-refractivity contribution in [2.75, 3.05) is 7.11 Å². The molecule has 0 spiro atoms. The summed E-state index contributed by atoms with van der Waals surface area (Å²) in [6.07, 6.45) is 0. The topological polar surface area (TPSA) is 26.3 Å². The fourth-order valence-corrected chi connectivity index (χ4v) is 1.55. The van der Waals surface area contributed by atoms with E-state index in [0.29, 0.717) is 0 Å². The minimum absolute atomic E-state index is 0.237. The largest absolute Gasteiger partial charge is 0.486 e. The first-order valence-corrected chi connectivity index (χ1v) is 4.63. The van der Waals surface area contributed by atoms with Crippen molar-refractivity contribution in [3.8, 4) is 0 Å². The lowest BCUT2D eigenvalue weighted by atomic mass is 10.1. The van der Waals surface area contributed by atoms with Crippen molar-refractivity contribution in [3.05, 3.63) is 48.0 Å². The molecule has 0 saturated heterocycles. The monoisotopic (exact) mass is 198 g/mol. The predicted octanol–water partition coefficient (Wildman–Crippen LogP) is 2.66. The highest BCUT2D eigenvalue weighted by Gasteiger charge is 2.02. The van der Waals surface area contributed by atoms with Crippen LogP contribution in [0.15, 0.2) is 42.5 Å². The maximum atomic E-state index is 10.6. The van der Waals surface area contributed by atoms with Crippen molar-refractivity contribution in [2.24, 2.45) is 0 Å². The third-order valence-electron chi connectivity index (χ3n) is 2.31. The number of benzene rings is 2. The highest BCUT2D eigenvalue weighted by Crippen LogP contribution is 2.19. The fourth-order valence-electron chi connectivity index (χ4n) is 1.55. The van der Waals surface area contributed by atoms with Gasteiger partial charge >= 0.3 is 0 Å². The second kappa shape index (κ2) is 3.99. The van der Waals surface area contributed by atoms with Gasteiger partial charge in [0.2, 0.25) is 5.76 Å². The fraction of sp³-hybridized carbons (Fsp3) is 0.0769. The number of fused-ring (bicyclic) bond motifs is 1. The third-order valence-corrected chi connectivity index (χ3v) is 2.31. The molecule has 0 aliphatic carbocycles. The maximum absolute atomic E-state index is 10.6. The maximum Gasteiger partial charge on any atom is 0.210 e. The molecule has 0 aliphatic rings. The average molecular weight is 198 g/mol. The lowest BCUT2D eigenvalue weighted by Gasteiger charge is -2.03. The van der Waals surface area contributed by atoms with E-state index in [-0.39, 0.29) is 5.76 Å². The molecule has 0 unspecified atom stereocenters. The van der Waals surface area contributed by atoms with E-state index >= 15 is 0 Å². The summed E-state index contributed by atoms with van der Waals surface area (Å²) in [5.41, 5.74) is 0.756. The molecule has 0 amide bonds. The molecule has 2 aromatic carbocycles. The molecule has 0 aromatic heterocycles. The smallest absolute Gasteiger partial charge is 0.210 e. The first kappa shape index (κ1) is 9.50. The van der Waals surface area contributed by atoms with Crippen molar-refractivity contribution in [1.29, 1.82) is 0 Å². The summed E-state index contributed by atoms with van der Waals surface area (Å²) in [4.78, 5) is 10.6. The zero-order chi connectivity index (χ0) is 10.7. The summed E-state index contributed by atoms with van der Waals surface area (Å²) in [6, 6.07) is 13.7. The third kappa shape index (κ3) is 1.76. The number of methoxy groups -OCH3 is 1. The van der Waals surface area contributed by atoms with E-state index in [0.717, 1.165) is 16.3 Å². The van der Waals surface area contributed by atoms with Crippen LogP contribution in [0.1, 0.15) is 5.56 Å². The van der Waals surface area contributed by atoms with Gasteiger partial charge in [0, 0.05) is 5.56 Å². The zero-order valence-electron chi connectivity index (χ0n) is 8.36. The molecular weight excluding hydrogens is 188 g/mol. The van der Waals surface area contributed by atoms with Crippen molar-refractivity contribution >= 4 is 22.5 Å². The van der Waals surface area contributed by atoms with Crippen LogP contribution in [0.25, 0.3) is 16.5 Å². The molecule has 2 rings (SSSR count). The van der Waals surface area contributed by atoms with Crippen molar-refractivity contribution in [3.63, 3.8) is 0 Å². The van der Waals surface area contributed by atoms with E-state index in [4.69, 9.17) is 4.74 Å². The Kier molecular flexibility index (Phi) is 2.53. The van der Waals surface area contributed by atoms with Gasteiger partial charge in [0.05, 0.1) is 7.11 Å². The molecule has 0 aliphatic heterocycles. The molecule has 0 radical (unpaired) electrons. The minimum atomic E-state index is 0.237. The Hall–Kier alpha value is -2.05. The van der Waals surface area contributed by atoms with Gasteiger partial charge in [0.25, 0.3) is 0 Å². The van der Waals surface area contributed by atoms with Gasteiger partial charge in [-0.05, 0) is 22.9 Å². The molecule has 2 nitrogen and oxygen atoms in total. The van der Waals surface area contributed by atoms with Crippen LogP contribution in [0.2, 0.25) is 0 Å². The summed E-state index contributed by atoms with van der Waals surface area (Å²) in [5.74, 6) is 2.01. The van der Waals surface area contributed by atoms with E-state index in [1.54, 1.807) is 5.94 Å². The minimum Gasteiger partial charge on any atom is -0.486 e. The van der Waals surface area contributed by atoms with Crippen LogP contribution in [0, 0.1) is 0 Å². The van der Waals surface area contributed by atoms with Crippen molar-refractivity contribution < 1.29 is 9.53 Å². The van der Waals surface area contributed by atoms with Crippen LogP contribution in [0.5, 0.6) is 0 Å². The van der Waals surface area contributed by atoms with Crippen molar-refractivity contribution in [2.45, 2.75) is 0 Å². The number of hydrogen-bond donors (Lipinski definition) is 0. The van der Waals surface area contributed by atoms with Crippen molar-refractivity contribution in [1.82, 2.24) is 0 Å². The second-order valence-electron chi connectivity index (χ2n) is 3.20. The Morgan fingerprint density at radius 3 is 2.53 bits per heavy atom. The average Bonchev–Trinajstić information content (AvgIpc) is 2.30. The number of rotatable bonds is 2. The Bertz CT molecular complexity index is 537. The van der Waals surface area contributed by atoms with Crippen LogP contribution in [-0.4, -0.2) is 13.1 Å². The molecule has 0 atom stereocenters. The van der Waals surface area contributed by atoms with Crippen LogP contribution >= 0.6 is 0 Å². The molecule has 74 valence electrons. The highest BCUT2D eigenvalue weighted by atomic mass is 16.5. The molecule has 0 saturated carbocycles. The van der Waals surface area contributed by atoms with Crippen LogP contribution < -0.4 is 0 Å². The molecule has 15 heavy (non-hydrogen) atoms. The molecule has 2 aromatic rings. The van der Waals surface area contributed by atoms with E-state index in [2.05, 4.69) is 0 Å². The quantitative estimate of drug-likeness (QED) is 0.547. The van der Waals surface area contributed by atoms with Gasteiger partial charge in [-0.25, -0.2) is 4.79 Å². The molecule has 0 heterocycles. The molecular formula is C13H10O2. The predicted molar refractivity (Wildman–Crippen MR) is 60.1 cm³/mol. The van der Waals surface area contributed by atoms with Gasteiger partial charge in [-0.3, -0.25) is 0 Å². The lowest BCUT2D eigenvalue weighted by molar-refractivity contribution is 0.371. The first-order valence-electron chi connectivity index (χ1n) is 4.63. The highest BCUT2D eigenvalue weighted by molar-refractivity contribution is 5.90. The van der Waals surface area contributed by atoms with Gasteiger partial charge in [-0.2, -0.15) is 0 Å². The van der Waals surface area contributed by atoms with E-state index < -0.39 is 0 Å². The van der Waals surface area contributed by atoms with Crippen LogP contribution in [0.3, 0.4) is 0 Å². The van der Waals surface area contributed by atoms with E-state index in [1.165, 1.54) is 7.11 Å². The Balaban J connectivity index is 2.61. The Morgan fingerprint density at radius 1 is 1.13 bits per heavy atom. The van der Waals surface area contributed by atoms with Crippen LogP contribution in [0.4, 0.5) is 0 Å². The molecule has 0 bridgehead atoms. The summed E-state index contributed by atoms with van der Waals surface area (Å²) >= 11 is 0. The number of ether oxygens (including phenoxy) is 1. The van der Waals surface area contributed by atoms with Gasteiger partial charge in [0.1, 0.15) is 0 Å².